The predicted octanol–water partition coefficient (Wildman–Crippen LogP) is 0.929. The molecule has 1 rings (SSSR count). The van der Waals surface area contributed by atoms with Crippen molar-refractivity contribution in [1.82, 2.24) is 15.3 Å². The van der Waals surface area contributed by atoms with Gasteiger partial charge in [0.05, 0.1) is 5.03 Å². The second kappa shape index (κ2) is 7.62. The number of nitrogens with zero attached hydrogens (tertiary/aromatic N) is 2. The van der Waals surface area contributed by atoms with E-state index in [1.807, 2.05) is 6.07 Å². The van der Waals surface area contributed by atoms with Gasteiger partial charge < -0.3 is 10.4 Å². The minimum atomic E-state index is 0.224. The SMILES string of the molecule is CCNC(CCO)CSc1ccncn1. The summed E-state index contributed by atoms with van der Waals surface area (Å²) in [6.45, 7) is 3.22. The number of hydrogen-bond acceptors (Lipinski definition) is 5. The largest absolute Gasteiger partial charge is 0.396 e. The molecule has 5 heteroatoms. The lowest BCUT2D eigenvalue weighted by Gasteiger charge is -2.15. The monoisotopic (exact) mass is 227 g/mol. The molecular weight excluding hydrogens is 210 g/mol. The fourth-order valence-corrected chi connectivity index (χ4v) is 2.17. The third-order valence-corrected chi connectivity index (χ3v) is 3.06. The van der Waals surface area contributed by atoms with Gasteiger partial charge in [0, 0.05) is 24.6 Å². The molecular formula is C10H17N3OS. The first kappa shape index (κ1) is 12.4. The first-order chi connectivity index (χ1) is 7.36. The summed E-state index contributed by atoms with van der Waals surface area (Å²) >= 11 is 1.68. The smallest absolute Gasteiger partial charge is 0.116 e. The van der Waals surface area contributed by atoms with Crippen LogP contribution in [0.15, 0.2) is 23.6 Å². The van der Waals surface area contributed by atoms with Crippen LogP contribution in [0.25, 0.3) is 0 Å². The molecule has 0 radical (unpaired) electrons. The van der Waals surface area contributed by atoms with Gasteiger partial charge in [0.1, 0.15) is 6.33 Å². The summed E-state index contributed by atoms with van der Waals surface area (Å²) in [7, 11) is 0. The fraction of sp³-hybridized carbons (Fsp3) is 0.600. The van der Waals surface area contributed by atoms with Crippen LogP contribution in [0.3, 0.4) is 0 Å². The van der Waals surface area contributed by atoms with Crippen molar-refractivity contribution in [1.29, 1.82) is 0 Å². The van der Waals surface area contributed by atoms with Crippen molar-refractivity contribution in [2.75, 3.05) is 18.9 Å². The Labute approximate surface area is 94.5 Å². The second-order valence-electron chi connectivity index (χ2n) is 3.13. The molecule has 2 N–H and O–H groups in total. The van der Waals surface area contributed by atoms with Gasteiger partial charge in [-0.3, -0.25) is 0 Å². The van der Waals surface area contributed by atoms with E-state index >= 15 is 0 Å². The molecule has 0 aromatic carbocycles. The number of hydrogen-bond donors (Lipinski definition) is 2. The Balaban J connectivity index is 2.33. The summed E-state index contributed by atoms with van der Waals surface area (Å²) < 4.78 is 0. The van der Waals surface area contributed by atoms with Gasteiger partial charge in [-0.2, -0.15) is 0 Å². The first-order valence-electron chi connectivity index (χ1n) is 5.10. The maximum absolute atomic E-state index is 8.89. The Kier molecular flexibility index (Phi) is 6.31. The van der Waals surface area contributed by atoms with E-state index in [0.29, 0.717) is 6.04 Å². The van der Waals surface area contributed by atoms with E-state index in [1.54, 1.807) is 24.3 Å². The molecule has 1 unspecified atom stereocenters. The molecule has 0 aliphatic heterocycles. The highest BCUT2D eigenvalue weighted by atomic mass is 32.2. The lowest BCUT2D eigenvalue weighted by molar-refractivity contribution is 0.271. The normalized spacial score (nSPS) is 12.7. The van der Waals surface area contributed by atoms with Crippen molar-refractivity contribution >= 4 is 11.8 Å². The molecule has 0 aliphatic carbocycles. The molecule has 1 aromatic rings. The average molecular weight is 227 g/mol. The van der Waals surface area contributed by atoms with Gasteiger partial charge in [-0.15, -0.1) is 11.8 Å². The molecule has 15 heavy (non-hydrogen) atoms. The Morgan fingerprint density at radius 1 is 1.60 bits per heavy atom. The third-order valence-electron chi connectivity index (χ3n) is 1.96. The molecule has 0 bridgehead atoms. The van der Waals surface area contributed by atoms with Gasteiger partial charge in [0.25, 0.3) is 0 Å². The van der Waals surface area contributed by atoms with Crippen molar-refractivity contribution in [2.24, 2.45) is 0 Å². The number of aliphatic hydroxyl groups is 1. The summed E-state index contributed by atoms with van der Waals surface area (Å²) in [6.07, 6.45) is 4.08. The molecule has 0 aliphatic rings. The lowest BCUT2D eigenvalue weighted by Crippen LogP contribution is -2.32. The summed E-state index contributed by atoms with van der Waals surface area (Å²) in [5, 5.41) is 13.2. The molecule has 0 saturated carbocycles. The van der Waals surface area contributed by atoms with Crippen LogP contribution in [-0.4, -0.2) is 40.0 Å². The minimum Gasteiger partial charge on any atom is -0.396 e. The molecule has 1 aromatic heterocycles. The van der Waals surface area contributed by atoms with Gasteiger partial charge in [-0.05, 0) is 19.0 Å². The van der Waals surface area contributed by atoms with Crippen molar-refractivity contribution in [3.8, 4) is 0 Å². The quantitative estimate of drug-likeness (QED) is 0.536. The highest BCUT2D eigenvalue weighted by Crippen LogP contribution is 2.15. The zero-order valence-electron chi connectivity index (χ0n) is 8.89. The zero-order chi connectivity index (χ0) is 10.9. The van der Waals surface area contributed by atoms with Crippen LogP contribution in [0.4, 0.5) is 0 Å². The first-order valence-corrected chi connectivity index (χ1v) is 6.08. The van der Waals surface area contributed by atoms with Gasteiger partial charge in [-0.1, -0.05) is 6.92 Å². The third kappa shape index (κ3) is 5.11. The standard InChI is InChI=1S/C10H17N3OS/c1-2-12-9(4-6-14)7-15-10-3-5-11-8-13-10/h3,5,8-9,12,14H,2,4,6-7H2,1H3. The topological polar surface area (TPSA) is 58.0 Å². The Morgan fingerprint density at radius 3 is 3.07 bits per heavy atom. The molecule has 4 nitrogen and oxygen atoms in total. The fourth-order valence-electron chi connectivity index (χ4n) is 1.24. The number of rotatable bonds is 7. The van der Waals surface area contributed by atoms with Crippen molar-refractivity contribution in [3.63, 3.8) is 0 Å². The van der Waals surface area contributed by atoms with E-state index in [4.69, 9.17) is 5.11 Å². The highest BCUT2D eigenvalue weighted by Gasteiger charge is 2.07. The molecule has 0 saturated heterocycles. The summed E-state index contributed by atoms with van der Waals surface area (Å²) in [4.78, 5) is 8.00. The van der Waals surface area contributed by atoms with E-state index in [0.717, 1.165) is 23.7 Å². The van der Waals surface area contributed by atoms with Gasteiger partial charge in [-0.25, -0.2) is 9.97 Å². The minimum absolute atomic E-state index is 0.224. The van der Waals surface area contributed by atoms with Crippen molar-refractivity contribution in [2.45, 2.75) is 24.4 Å². The van der Waals surface area contributed by atoms with Crippen LogP contribution < -0.4 is 5.32 Å². The molecule has 1 heterocycles. The van der Waals surface area contributed by atoms with Gasteiger partial charge in [0.15, 0.2) is 0 Å². The van der Waals surface area contributed by atoms with Crippen molar-refractivity contribution < 1.29 is 5.11 Å². The molecule has 1 atom stereocenters. The molecule has 0 fully saturated rings. The van der Waals surface area contributed by atoms with Crippen LogP contribution in [0.1, 0.15) is 13.3 Å². The summed E-state index contributed by atoms with van der Waals surface area (Å²) in [6, 6.07) is 2.24. The molecule has 0 amide bonds. The van der Waals surface area contributed by atoms with E-state index < -0.39 is 0 Å². The number of thioether (sulfide) groups is 1. The zero-order valence-corrected chi connectivity index (χ0v) is 9.70. The number of aromatic nitrogens is 2. The van der Waals surface area contributed by atoms with Crippen LogP contribution >= 0.6 is 11.8 Å². The average Bonchev–Trinajstić information content (AvgIpc) is 2.28. The molecule has 84 valence electrons. The number of aliphatic hydroxyl groups excluding tert-OH is 1. The van der Waals surface area contributed by atoms with Crippen LogP contribution in [-0.2, 0) is 0 Å². The van der Waals surface area contributed by atoms with E-state index in [2.05, 4.69) is 22.2 Å². The molecule has 0 spiro atoms. The van der Waals surface area contributed by atoms with E-state index in [-0.39, 0.29) is 6.61 Å². The van der Waals surface area contributed by atoms with Crippen molar-refractivity contribution in [3.05, 3.63) is 18.6 Å². The van der Waals surface area contributed by atoms with Gasteiger partial charge in [0.2, 0.25) is 0 Å². The summed E-state index contributed by atoms with van der Waals surface area (Å²) in [5.41, 5.74) is 0. The Hall–Kier alpha value is -0.650. The highest BCUT2D eigenvalue weighted by molar-refractivity contribution is 7.99. The van der Waals surface area contributed by atoms with Gasteiger partial charge >= 0.3 is 0 Å². The van der Waals surface area contributed by atoms with Crippen LogP contribution in [0.5, 0.6) is 0 Å². The summed E-state index contributed by atoms with van der Waals surface area (Å²) in [5.74, 6) is 0.922. The lowest BCUT2D eigenvalue weighted by atomic mass is 10.2. The van der Waals surface area contributed by atoms with E-state index in [9.17, 15) is 0 Å². The Morgan fingerprint density at radius 2 is 2.47 bits per heavy atom. The Bertz CT molecular complexity index is 252. The van der Waals surface area contributed by atoms with Crippen LogP contribution in [0, 0.1) is 0 Å². The predicted molar refractivity (Wildman–Crippen MR) is 61.9 cm³/mol. The maximum Gasteiger partial charge on any atom is 0.116 e. The number of nitrogens with one attached hydrogen (secondary N) is 1. The maximum atomic E-state index is 8.89. The van der Waals surface area contributed by atoms with E-state index in [1.165, 1.54) is 0 Å². The van der Waals surface area contributed by atoms with Crippen LogP contribution in [0.2, 0.25) is 0 Å². The second-order valence-corrected chi connectivity index (χ2v) is 4.17.